The van der Waals surface area contributed by atoms with Crippen molar-refractivity contribution in [2.24, 2.45) is 0 Å². The van der Waals surface area contributed by atoms with Gasteiger partial charge in [-0.2, -0.15) is 0 Å². The molecule has 0 atom stereocenters. The maximum absolute atomic E-state index is 7.40. The highest BCUT2D eigenvalue weighted by atomic mass is 16.5. The Balaban J connectivity index is 0.945. The monoisotopic (exact) mass is 958 g/mol. The van der Waals surface area contributed by atoms with Crippen LogP contribution in [0.4, 0.5) is 34.1 Å². The van der Waals surface area contributed by atoms with Gasteiger partial charge in [0.25, 0.3) is 0 Å². The van der Waals surface area contributed by atoms with Crippen molar-refractivity contribution in [2.75, 3.05) is 9.80 Å². The zero-order chi connectivity index (χ0) is 49.5. The molecule has 2 aliphatic rings. The zero-order valence-electron chi connectivity index (χ0n) is 40.8. The molecule has 1 aliphatic carbocycles. The van der Waals surface area contributed by atoms with Gasteiger partial charge in [-0.1, -0.05) is 206 Å². The van der Waals surface area contributed by atoms with E-state index in [1.165, 1.54) is 33.4 Å². The van der Waals surface area contributed by atoms with Crippen molar-refractivity contribution in [3.8, 4) is 44.9 Å². The van der Waals surface area contributed by atoms with E-state index in [0.29, 0.717) is 0 Å². The van der Waals surface area contributed by atoms with Crippen LogP contribution in [-0.4, -0.2) is 0 Å². The molecule has 0 amide bonds. The maximum atomic E-state index is 7.40. The summed E-state index contributed by atoms with van der Waals surface area (Å²) in [5, 5.41) is 4.40. The second kappa shape index (κ2) is 17.1. The van der Waals surface area contributed by atoms with E-state index in [4.69, 9.17) is 9.15 Å². The molecule has 4 heteroatoms. The molecular formula is C71H46N2O2. The van der Waals surface area contributed by atoms with E-state index in [2.05, 4.69) is 277 Å². The summed E-state index contributed by atoms with van der Waals surface area (Å²) < 4.78 is 14.0. The SMILES string of the molecule is c1ccc(N(c2ccccc2)c2cccc3c2Oc2cc(N(c4ccc(-c5cccc6c5oc5ccccc56)cc4)c4ccc5c(c4)C(c4ccccc4)(c4ccccc4)c4ccccc4-5)cc4cccc-3c24)cc1. The average Bonchev–Trinajstić information content (AvgIpc) is 4.04. The summed E-state index contributed by atoms with van der Waals surface area (Å²) in [6.45, 7) is 0. The minimum Gasteiger partial charge on any atom is -0.455 e. The van der Waals surface area contributed by atoms with Crippen LogP contribution in [0.25, 0.3) is 66.1 Å². The van der Waals surface area contributed by atoms with Gasteiger partial charge in [-0.3, -0.25) is 0 Å². The summed E-state index contributed by atoms with van der Waals surface area (Å²) in [7, 11) is 0. The normalized spacial score (nSPS) is 12.7. The average molecular weight is 959 g/mol. The first kappa shape index (κ1) is 42.8. The van der Waals surface area contributed by atoms with Crippen LogP contribution < -0.4 is 14.5 Å². The Bertz CT molecular complexity index is 4240. The summed E-state index contributed by atoms with van der Waals surface area (Å²) in [5.74, 6) is 1.61. The van der Waals surface area contributed by atoms with Gasteiger partial charge in [0.2, 0.25) is 0 Å². The third-order valence-corrected chi connectivity index (χ3v) is 15.5. The lowest BCUT2D eigenvalue weighted by molar-refractivity contribution is 0.488. The van der Waals surface area contributed by atoms with Crippen molar-refractivity contribution >= 4 is 66.8 Å². The van der Waals surface area contributed by atoms with Crippen molar-refractivity contribution < 1.29 is 9.15 Å². The largest absolute Gasteiger partial charge is 0.455 e. The van der Waals surface area contributed by atoms with Crippen LogP contribution in [0, 0.1) is 0 Å². The molecule has 1 aliphatic heterocycles. The van der Waals surface area contributed by atoms with Crippen LogP contribution in [0.1, 0.15) is 22.3 Å². The molecule has 0 saturated heterocycles. The molecule has 0 bridgehead atoms. The highest BCUT2D eigenvalue weighted by Crippen LogP contribution is 2.59. The number of fused-ring (bicyclic) bond motifs is 8. The Morgan fingerprint density at radius 1 is 0.333 bits per heavy atom. The highest BCUT2D eigenvalue weighted by Gasteiger charge is 2.46. The number of nitrogens with zero attached hydrogens (tertiary/aromatic N) is 2. The molecule has 1 aromatic heterocycles. The molecule has 0 N–H and O–H groups in total. The standard InChI is InChI=1S/C71H46N2O2/c1-5-21-49(22-6-1)71(50-23-7-2-8-24-50)63-35-15-13-29-57(63)58-43-42-54(45-64(58)71)72(53-40-38-47(39-41-53)56-31-18-33-61-59-30-14-16-37-66(59)74-69(56)61)55-44-48-20-17-32-60-62-34-19-36-65(70(62)75-67(46-55)68(48)60)73(51-25-9-3-10-26-51)52-27-11-4-12-28-52/h1-46H. The maximum Gasteiger partial charge on any atom is 0.159 e. The molecule has 0 spiro atoms. The Hall–Kier alpha value is -9.90. The van der Waals surface area contributed by atoms with E-state index in [1.807, 2.05) is 12.1 Å². The molecule has 0 unspecified atom stereocenters. The highest BCUT2D eigenvalue weighted by molar-refractivity contribution is 6.10. The fraction of sp³-hybridized carbons (Fsp3) is 0.0141. The van der Waals surface area contributed by atoms with Crippen molar-refractivity contribution in [1.29, 1.82) is 0 Å². The van der Waals surface area contributed by atoms with Crippen LogP contribution in [0.15, 0.2) is 283 Å². The van der Waals surface area contributed by atoms with Gasteiger partial charge in [-0.15, -0.1) is 0 Å². The summed E-state index contributed by atoms with van der Waals surface area (Å²) in [6.07, 6.45) is 0. The fourth-order valence-corrected chi connectivity index (χ4v) is 12.3. The van der Waals surface area contributed by atoms with Crippen molar-refractivity contribution in [3.63, 3.8) is 0 Å². The third-order valence-electron chi connectivity index (χ3n) is 15.5. The van der Waals surface area contributed by atoms with Crippen molar-refractivity contribution in [1.82, 2.24) is 0 Å². The van der Waals surface area contributed by atoms with Crippen molar-refractivity contribution in [2.45, 2.75) is 5.41 Å². The van der Waals surface area contributed by atoms with Gasteiger partial charge in [0.05, 0.1) is 16.8 Å². The van der Waals surface area contributed by atoms with E-state index in [-0.39, 0.29) is 0 Å². The van der Waals surface area contributed by atoms with E-state index in [1.54, 1.807) is 0 Å². The van der Waals surface area contributed by atoms with Gasteiger partial charge < -0.3 is 19.0 Å². The van der Waals surface area contributed by atoms with Crippen LogP contribution >= 0.6 is 0 Å². The summed E-state index contributed by atoms with van der Waals surface area (Å²) >= 11 is 0. The number of furan rings is 1. The molecular weight excluding hydrogens is 913 g/mol. The molecule has 4 nitrogen and oxygen atoms in total. The lowest BCUT2D eigenvalue weighted by atomic mass is 9.67. The number of para-hydroxylation sites is 5. The molecule has 2 heterocycles. The van der Waals surface area contributed by atoms with Gasteiger partial charge in [0.15, 0.2) is 5.75 Å². The van der Waals surface area contributed by atoms with Gasteiger partial charge in [0.1, 0.15) is 16.9 Å². The van der Waals surface area contributed by atoms with E-state index >= 15 is 0 Å². The molecule has 12 aromatic carbocycles. The molecule has 15 rings (SSSR count). The number of rotatable bonds is 9. The van der Waals surface area contributed by atoms with E-state index in [9.17, 15) is 0 Å². The van der Waals surface area contributed by atoms with Gasteiger partial charge >= 0.3 is 0 Å². The number of hydrogen-bond donors (Lipinski definition) is 0. The number of hydrogen-bond acceptors (Lipinski definition) is 4. The lowest BCUT2D eigenvalue weighted by Gasteiger charge is -2.35. The van der Waals surface area contributed by atoms with Gasteiger partial charge in [-0.25, -0.2) is 0 Å². The predicted octanol–water partition coefficient (Wildman–Crippen LogP) is 19.5. The second-order valence-corrected chi connectivity index (χ2v) is 19.5. The minimum absolute atomic E-state index is 0.581. The molecule has 0 fully saturated rings. The summed E-state index contributed by atoms with van der Waals surface area (Å²) in [6, 6.07) is 101. The molecule has 75 heavy (non-hydrogen) atoms. The first-order chi connectivity index (χ1) is 37.2. The molecule has 13 aromatic rings. The topological polar surface area (TPSA) is 28.9 Å². The van der Waals surface area contributed by atoms with E-state index in [0.717, 1.165) is 101 Å². The zero-order valence-corrected chi connectivity index (χ0v) is 40.8. The summed E-state index contributed by atoms with van der Waals surface area (Å²) in [4.78, 5) is 4.70. The quantitative estimate of drug-likeness (QED) is 0.144. The molecule has 352 valence electrons. The number of ether oxygens (including phenoxy) is 1. The third kappa shape index (κ3) is 6.63. The Morgan fingerprint density at radius 3 is 1.64 bits per heavy atom. The second-order valence-electron chi connectivity index (χ2n) is 19.5. The van der Waals surface area contributed by atoms with Crippen LogP contribution in [-0.2, 0) is 5.41 Å². The molecule has 0 saturated carbocycles. The number of anilines is 6. The van der Waals surface area contributed by atoms with Gasteiger partial charge in [-0.05, 0) is 117 Å². The summed E-state index contributed by atoms with van der Waals surface area (Å²) in [5.41, 5.74) is 19.0. The Kier molecular flexibility index (Phi) is 9.76. The first-order valence-electron chi connectivity index (χ1n) is 25.7. The number of benzene rings is 12. The van der Waals surface area contributed by atoms with E-state index < -0.39 is 5.41 Å². The fourth-order valence-electron chi connectivity index (χ4n) is 12.3. The van der Waals surface area contributed by atoms with Crippen LogP contribution in [0.3, 0.4) is 0 Å². The Morgan fingerprint density at radius 2 is 0.893 bits per heavy atom. The molecule has 0 radical (unpaired) electrons. The predicted molar refractivity (Wildman–Crippen MR) is 309 cm³/mol. The van der Waals surface area contributed by atoms with Crippen molar-refractivity contribution in [3.05, 3.63) is 301 Å². The van der Waals surface area contributed by atoms with Crippen LogP contribution in [0.2, 0.25) is 0 Å². The first-order valence-corrected chi connectivity index (χ1v) is 25.7. The smallest absolute Gasteiger partial charge is 0.159 e. The lowest BCUT2D eigenvalue weighted by Crippen LogP contribution is -2.28. The Labute approximate surface area is 435 Å². The minimum atomic E-state index is -0.581. The van der Waals surface area contributed by atoms with Gasteiger partial charge in [0, 0.05) is 56.1 Å². The van der Waals surface area contributed by atoms with Crippen LogP contribution in [0.5, 0.6) is 11.5 Å².